The Bertz CT molecular complexity index is 728. The quantitative estimate of drug-likeness (QED) is 0.873. The number of nitrogens with two attached hydrogens (primary N) is 1. The number of hydrogen-bond donors (Lipinski definition) is 2. The van der Waals surface area contributed by atoms with Crippen LogP contribution in [0.3, 0.4) is 0 Å². The van der Waals surface area contributed by atoms with E-state index in [-0.39, 0.29) is 11.7 Å². The lowest BCUT2D eigenvalue weighted by atomic mass is 9.82. The number of nitrogens with zero attached hydrogens (tertiary/aromatic N) is 1. The van der Waals surface area contributed by atoms with Gasteiger partial charge in [-0.15, -0.1) is 0 Å². The van der Waals surface area contributed by atoms with Crippen LogP contribution in [-0.4, -0.2) is 16.4 Å². The molecule has 25 heavy (non-hydrogen) atoms. The smallest absolute Gasteiger partial charge is 0.240 e. The van der Waals surface area contributed by atoms with Crippen LogP contribution in [0.25, 0.3) is 0 Å². The molecule has 3 N–H and O–H groups in total. The summed E-state index contributed by atoms with van der Waals surface area (Å²) < 4.78 is 18.6. The number of aromatic nitrogens is 1. The van der Waals surface area contributed by atoms with Gasteiger partial charge in [-0.25, -0.2) is 9.37 Å². The second kappa shape index (κ2) is 7.61. The van der Waals surface area contributed by atoms with Gasteiger partial charge in [-0.05, 0) is 30.5 Å². The maximum atomic E-state index is 13.1. The van der Waals surface area contributed by atoms with E-state index >= 15 is 0 Å². The number of rotatable bonds is 5. The lowest BCUT2D eigenvalue weighted by Gasteiger charge is -2.31. The van der Waals surface area contributed by atoms with Crippen molar-refractivity contribution in [2.75, 3.05) is 0 Å². The zero-order valence-corrected chi connectivity index (χ0v) is 14.0. The van der Waals surface area contributed by atoms with E-state index in [0.29, 0.717) is 18.2 Å². The molecular weight excluding hydrogens is 321 g/mol. The van der Waals surface area contributed by atoms with Crippen LogP contribution in [0, 0.1) is 5.82 Å². The molecule has 1 fully saturated rings. The number of amides is 1. The second-order valence-electron chi connectivity index (χ2n) is 6.46. The van der Waals surface area contributed by atoms with E-state index in [9.17, 15) is 9.18 Å². The third kappa shape index (κ3) is 4.54. The summed E-state index contributed by atoms with van der Waals surface area (Å²) in [6.07, 6.45) is 6.23. The minimum Gasteiger partial charge on any atom is -0.439 e. The van der Waals surface area contributed by atoms with Crippen LogP contribution in [0.4, 0.5) is 4.39 Å². The van der Waals surface area contributed by atoms with Crippen LogP contribution in [0.5, 0.6) is 11.6 Å². The number of carbonyl (C=O) groups excluding carboxylic acids is 1. The third-order valence-electron chi connectivity index (χ3n) is 4.47. The summed E-state index contributed by atoms with van der Waals surface area (Å²) in [4.78, 5) is 16.5. The van der Waals surface area contributed by atoms with E-state index in [1.54, 1.807) is 24.4 Å². The van der Waals surface area contributed by atoms with Crippen molar-refractivity contribution in [3.05, 3.63) is 54.0 Å². The van der Waals surface area contributed by atoms with E-state index in [1.165, 1.54) is 12.1 Å². The van der Waals surface area contributed by atoms with Crippen LogP contribution >= 0.6 is 0 Å². The summed E-state index contributed by atoms with van der Waals surface area (Å²) in [6.45, 7) is 0.366. The van der Waals surface area contributed by atoms with E-state index in [1.807, 2.05) is 6.07 Å². The van der Waals surface area contributed by atoms with Crippen LogP contribution < -0.4 is 15.8 Å². The lowest BCUT2D eigenvalue weighted by Crippen LogP contribution is -2.54. The molecule has 3 rings (SSSR count). The van der Waals surface area contributed by atoms with Crippen molar-refractivity contribution < 1.29 is 13.9 Å². The Labute approximate surface area is 146 Å². The van der Waals surface area contributed by atoms with Gasteiger partial charge in [-0.1, -0.05) is 31.4 Å². The fourth-order valence-electron chi connectivity index (χ4n) is 3.00. The normalized spacial score (nSPS) is 16.2. The van der Waals surface area contributed by atoms with Crippen LogP contribution in [0.2, 0.25) is 0 Å². The lowest BCUT2D eigenvalue weighted by molar-refractivity contribution is -0.127. The van der Waals surface area contributed by atoms with E-state index in [0.717, 1.165) is 37.7 Å². The first-order valence-corrected chi connectivity index (χ1v) is 8.51. The Morgan fingerprint density at radius 3 is 2.72 bits per heavy atom. The van der Waals surface area contributed by atoms with Gasteiger partial charge >= 0.3 is 0 Å². The molecule has 1 aromatic carbocycles. The Balaban J connectivity index is 1.55. The van der Waals surface area contributed by atoms with Gasteiger partial charge in [0.05, 0.1) is 5.54 Å². The Morgan fingerprint density at radius 1 is 1.24 bits per heavy atom. The fraction of sp³-hybridized carbons (Fsp3) is 0.368. The molecule has 6 heteroatoms. The summed E-state index contributed by atoms with van der Waals surface area (Å²) in [6, 6.07) is 9.37. The molecule has 2 aromatic rings. The minimum absolute atomic E-state index is 0.104. The highest BCUT2D eigenvalue weighted by molar-refractivity contribution is 5.86. The molecular formula is C19H22FN3O2. The summed E-state index contributed by atoms with van der Waals surface area (Å²) in [5.41, 5.74) is 6.31. The van der Waals surface area contributed by atoms with Gasteiger partial charge in [-0.2, -0.15) is 0 Å². The van der Waals surface area contributed by atoms with Crippen LogP contribution in [0.15, 0.2) is 42.6 Å². The molecule has 0 saturated heterocycles. The second-order valence-corrected chi connectivity index (χ2v) is 6.46. The first kappa shape index (κ1) is 17.4. The SMILES string of the molecule is NC1(C(=O)NCc2ccc(Oc3cccc(F)c3)nc2)CCCCC1. The van der Waals surface area contributed by atoms with Crippen molar-refractivity contribution in [1.29, 1.82) is 0 Å². The fourth-order valence-corrected chi connectivity index (χ4v) is 3.00. The predicted molar refractivity (Wildman–Crippen MR) is 92.6 cm³/mol. The molecule has 1 amide bonds. The minimum atomic E-state index is -0.744. The summed E-state index contributed by atoms with van der Waals surface area (Å²) in [5, 5.41) is 2.89. The highest BCUT2D eigenvalue weighted by Crippen LogP contribution is 2.26. The van der Waals surface area contributed by atoms with Crippen molar-refractivity contribution >= 4 is 5.91 Å². The monoisotopic (exact) mass is 343 g/mol. The molecule has 0 radical (unpaired) electrons. The maximum absolute atomic E-state index is 13.1. The highest BCUT2D eigenvalue weighted by atomic mass is 19.1. The van der Waals surface area contributed by atoms with Gasteiger partial charge in [-0.3, -0.25) is 4.79 Å². The van der Waals surface area contributed by atoms with E-state index < -0.39 is 5.54 Å². The van der Waals surface area contributed by atoms with E-state index in [4.69, 9.17) is 10.5 Å². The van der Waals surface area contributed by atoms with Crippen molar-refractivity contribution in [3.8, 4) is 11.6 Å². The molecule has 1 heterocycles. The molecule has 1 saturated carbocycles. The average Bonchev–Trinajstić information content (AvgIpc) is 2.61. The van der Waals surface area contributed by atoms with Crippen molar-refractivity contribution in [2.45, 2.75) is 44.2 Å². The number of carbonyl (C=O) groups is 1. The average molecular weight is 343 g/mol. The molecule has 0 unspecified atom stereocenters. The molecule has 5 nitrogen and oxygen atoms in total. The molecule has 132 valence electrons. The highest BCUT2D eigenvalue weighted by Gasteiger charge is 2.34. The Morgan fingerprint density at radius 2 is 2.04 bits per heavy atom. The van der Waals surface area contributed by atoms with Gasteiger partial charge in [0.15, 0.2) is 0 Å². The predicted octanol–water partition coefficient (Wildman–Crippen LogP) is 3.29. The summed E-state index contributed by atoms with van der Waals surface area (Å²) >= 11 is 0. The molecule has 0 bridgehead atoms. The van der Waals surface area contributed by atoms with Gasteiger partial charge < -0.3 is 15.8 Å². The van der Waals surface area contributed by atoms with Crippen molar-refractivity contribution in [2.24, 2.45) is 5.73 Å². The number of halogens is 1. The van der Waals surface area contributed by atoms with Gasteiger partial charge in [0.2, 0.25) is 11.8 Å². The maximum Gasteiger partial charge on any atom is 0.240 e. The largest absolute Gasteiger partial charge is 0.439 e. The topological polar surface area (TPSA) is 77.2 Å². The molecule has 1 aliphatic rings. The summed E-state index contributed by atoms with van der Waals surface area (Å²) in [7, 11) is 0. The molecule has 0 spiro atoms. The Hall–Kier alpha value is -2.47. The van der Waals surface area contributed by atoms with Gasteiger partial charge in [0.25, 0.3) is 0 Å². The van der Waals surface area contributed by atoms with Gasteiger partial charge in [0.1, 0.15) is 11.6 Å². The molecule has 0 aliphatic heterocycles. The zero-order valence-electron chi connectivity index (χ0n) is 14.0. The molecule has 1 aromatic heterocycles. The number of hydrogen-bond acceptors (Lipinski definition) is 4. The number of ether oxygens (including phenoxy) is 1. The van der Waals surface area contributed by atoms with Crippen LogP contribution in [-0.2, 0) is 11.3 Å². The number of benzene rings is 1. The molecule has 0 atom stereocenters. The third-order valence-corrected chi connectivity index (χ3v) is 4.47. The van der Waals surface area contributed by atoms with Crippen LogP contribution in [0.1, 0.15) is 37.7 Å². The standard InChI is InChI=1S/C19H22FN3O2/c20-15-5-4-6-16(11-15)25-17-8-7-14(12-22-17)13-23-18(24)19(21)9-2-1-3-10-19/h4-8,11-12H,1-3,9-10,13,21H2,(H,23,24). The first-order chi connectivity index (χ1) is 12.0. The van der Waals surface area contributed by atoms with Crippen molar-refractivity contribution in [1.82, 2.24) is 10.3 Å². The Kier molecular flexibility index (Phi) is 5.28. The van der Waals surface area contributed by atoms with Gasteiger partial charge in [0, 0.05) is 24.9 Å². The van der Waals surface area contributed by atoms with Crippen molar-refractivity contribution in [3.63, 3.8) is 0 Å². The summed E-state index contributed by atoms with van der Waals surface area (Å²) in [5.74, 6) is 0.279. The van der Waals surface area contributed by atoms with E-state index in [2.05, 4.69) is 10.3 Å². The number of pyridine rings is 1. The number of nitrogens with one attached hydrogen (secondary N) is 1. The first-order valence-electron chi connectivity index (χ1n) is 8.51. The zero-order chi connectivity index (χ0) is 17.7. The molecule has 1 aliphatic carbocycles.